The molecule has 1 heterocycles. The summed E-state index contributed by atoms with van der Waals surface area (Å²) >= 11 is 3.28. The molecule has 1 aromatic carbocycles. The van der Waals surface area contributed by atoms with Crippen LogP contribution < -0.4 is 9.46 Å². The Balaban J connectivity index is 2.26. The molecule has 0 aliphatic carbocycles. The van der Waals surface area contributed by atoms with Gasteiger partial charge in [-0.2, -0.15) is 0 Å². The van der Waals surface area contributed by atoms with Crippen LogP contribution in [-0.4, -0.2) is 20.5 Å². The quantitative estimate of drug-likeness (QED) is 0.793. The number of ether oxygens (including phenoxy) is 1. The van der Waals surface area contributed by atoms with Crippen molar-refractivity contribution in [3.8, 4) is 5.88 Å². The molecule has 0 amide bonds. The van der Waals surface area contributed by atoms with Gasteiger partial charge in [0.1, 0.15) is 4.90 Å². The molecule has 0 unspecified atom stereocenters. The van der Waals surface area contributed by atoms with E-state index >= 15 is 0 Å². The molecule has 1 aromatic heterocycles. The predicted molar refractivity (Wildman–Crippen MR) is 83.9 cm³/mol. The fourth-order valence-corrected chi connectivity index (χ4v) is 3.23. The van der Waals surface area contributed by atoms with Crippen LogP contribution in [0.1, 0.15) is 11.1 Å². The number of nitrogens with zero attached hydrogens (tertiary/aromatic N) is 1. The Labute approximate surface area is 132 Å². The van der Waals surface area contributed by atoms with E-state index < -0.39 is 10.0 Å². The first kappa shape index (κ1) is 15.9. The van der Waals surface area contributed by atoms with Crippen LogP contribution in [0, 0.1) is 0 Å². The second-order valence-corrected chi connectivity index (χ2v) is 6.59. The van der Waals surface area contributed by atoms with Gasteiger partial charge in [-0.3, -0.25) is 0 Å². The van der Waals surface area contributed by atoms with Crippen LogP contribution >= 0.6 is 15.9 Å². The maximum Gasteiger partial charge on any atom is 0.246 e. The van der Waals surface area contributed by atoms with Crippen LogP contribution in [-0.2, 0) is 21.9 Å². The van der Waals surface area contributed by atoms with Crippen molar-refractivity contribution in [2.45, 2.75) is 16.8 Å². The lowest BCUT2D eigenvalue weighted by molar-refractivity contribution is 0.384. The molecule has 0 spiro atoms. The maximum absolute atomic E-state index is 12.4. The topological polar surface area (TPSA) is 68.3 Å². The lowest BCUT2D eigenvalue weighted by atomic mass is 10.2. The van der Waals surface area contributed by atoms with Crippen molar-refractivity contribution < 1.29 is 13.2 Å². The lowest BCUT2D eigenvalue weighted by Gasteiger charge is -2.11. The van der Waals surface area contributed by atoms with E-state index in [1.54, 1.807) is 12.3 Å². The van der Waals surface area contributed by atoms with Crippen molar-refractivity contribution >= 4 is 26.0 Å². The highest BCUT2D eigenvalue weighted by molar-refractivity contribution is 9.08. The van der Waals surface area contributed by atoms with E-state index in [1.165, 1.54) is 7.11 Å². The minimum atomic E-state index is -3.69. The summed E-state index contributed by atoms with van der Waals surface area (Å²) in [5.74, 6) is 0.0836. The highest BCUT2D eigenvalue weighted by Crippen LogP contribution is 2.23. The number of nitrogens with one attached hydrogen (secondary N) is 1. The average molecular weight is 371 g/mol. The summed E-state index contributed by atoms with van der Waals surface area (Å²) in [5, 5.41) is 0.519. The van der Waals surface area contributed by atoms with Gasteiger partial charge >= 0.3 is 0 Å². The summed E-state index contributed by atoms with van der Waals surface area (Å²) in [6, 6.07) is 10.9. The Morgan fingerprint density at radius 3 is 2.57 bits per heavy atom. The maximum atomic E-state index is 12.4. The molecule has 0 fully saturated rings. The fraction of sp³-hybridized carbons (Fsp3) is 0.214. The SMILES string of the molecule is COc1ncc(CBr)cc1S(=O)(=O)NCc1ccccc1. The minimum absolute atomic E-state index is 0.0397. The molecule has 112 valence electrons. The third-order valence-electron chi connectivity index (χ3n) is 2.82. The van der Waals surface area contributed by atoms with Crippen molar-refractivity contribution in [3.05, 3.63) is 53.7 Å². The highest BCUT2D eigenvalue weighted by atomic mass is 79.9. The Kier molecular flexibility index (Phi) is 5.33. The molecular formula is C14H15BrN2O3S. The molecule has 7 heteroatoms. The van der Waals surface area contributed by atoms with Gasteiger partial charge < -0.3 is 4.74 Å². The molecule has 0 saturated heterocycles. The van der Waals surface area contributed by atoms with E-state index in [-0.39, 0.29) is 17.3 Å². The minimum Gasteiger partial charge on any atom is -0.480 e. The smallest absolute Gasteiger partial charge is 0.246 e. The van der Waals surface area contributed by atoms with Gasteiger partial charge in [-0.1, -0.05) is 46.3 Å². The number of aromatic nitrogens is 1. The first-order valence-corrected chi connectivity index (χ1v) is 8.80. The van der Waals surface area contributed by atoms with Crippen molar-refractivity contribution in [2.24, 2.45) is 0 Å². The fourth-order valence-electron chi connectivity index (χ4n) is 1.74. The second kappa shape index (κ2) is 7.02. The van der Waals surface area contributed by atoms with Crippen molar-refractivity contribution in [1.29, 1.82) is 0 Å². The molecule has 0 saturated carbocycles. The number of hydrogen-bond acceptors (Lipinski definition) is 4. The zero-order valence-corrected chi connectivity index (χ0v) is 13.8. The Morgan fingerprint density at radius 1 is 1.24 bits per heavy atom. The van der Waals surface area contributed by atoms with E-state index in [9.17, 15) is 8.42 Å². The summed E-state index contributed by atoms with van der Waals surface area (Å²) in [6.45, 7) is 0.213. The van der Waals surface area contributed by atoms with E-state index in [4.69, 9.17) is 4.74 Å². The summed E-state index contributed by atoms with van der Waals surface area (Å²) in [7, 11) is -2.30. The van der Waals surface area contributed by atoms with Crippen molar-refractivity contribution in [1.82, 2.24) is 9.71 Å². The van der Waals surface area contributed by atoms with Gasteiger partial charge in [0.15, 0.2) is 0 Å². The number of benzene rings is 1. The van der Waals surface area contributed by atoms with Crippen LogP contribution in [0.5, 0.6) is 5.88 Å². The Bertz CT molecular complexity index is 705. The monoisotopic (exact) mass is 370 g/mol. The van der Waals surface area contributed by atoms with Gasteiger partial charge in [0, 0.05) is 18.1 Å². The van der Waals surface area contributed by atoms with Crippen LogP contribution in [0.3, 0.4) is 0 Å². The summed E-state index contributed by atoms with van der Waals surface area (Å²) < 4.78 is 32.4. The number of halogens is 1. The van der Waals surface area contributed by atoms with Gasteiger partial charge in [0.25, 0.3) is 0 Å². The highest BCUT2D eigenvalue weighted by Gasteiger charge is 2.21. The molecule has 0 aliphatic rings. The molecule has 21 heavy (non-hydrogen) atoms. The Hall–Kier alpha value is -1.44. The molecular weight excluding hydrogens is 356 g/mol. The third-order valence-corrected chi connectivity index (χ3v) is 4.86. The van der Waals surface area contributed by atoms with E-state index in [2.05, 4.69) is 25.6 Å². The summed E-state index contributed by atoms with van der Waals surface area (Å²) in [4.78, 5) is 4.06. The van der Waals surface area contributed by atoms with Gasteiger partial charge in [0.05, 0.1) is 7.11 Å². The number of methoxy groups -OCH3 is 1. The van der Waals surface area contributed by atoms with Crippen LogP contribution in [0.4, 0.5) is 0 Å². The zero-order chi connectivity index (χ0) is 15.3. The first-order chi connectivity index (χ1) is 10.1. The van der Waals surface area contributed by atoms with Gasteiger partial charge in [0.2, 0.25) is 15.9 Å². The largest absolute Gasteiger partial charge is 0.480 e. The van der Waals surface area contributed by atoms with Crippen LogP contribution in [0.25, 0.3) is 0 Å². The summed E-state index contributed by atoms with van der Waals surface area (Å²) in [5.41, 5.74) is 1.64. The molecule has 0 aliphatic heterocycles. The number of hydrogen-bond donors (Lipinski definition) is 1. The molecule has 2 aromatic rings. The van der Waals surface area contributed by atoms with Gasteiger partial charge in [-0.15, -0.1) is 0 Å². The molecule has 0 bridgehead atoms. The number of alkyl halides is 1. The number of pyridine rings is 1. The molecule has 2 rings (SSSR count). The average Bonchev–Trinajstić information content (AvgIpc) is 2.53. The normalized spacial score (nSPS) is 11.3. The third kappa shape index (κ3) is 4.03. The van der Waals surface area contributed by atoms with E-state index in [0.717, 1.165) is 11.1 Å². The predicted octanol–water partition coefficient (Wildman–Crippen LogP) is 2.46. The Morgan fingerprint density at radius 2 is 1.95 bits per heavy atom. The molecule has 1 N–H and O–H groups in total. The molecule has 0 radical (unpaired) electrons. The van der Waals surface area contributed by atoms with E-state index in [0.29, 0.717) is 5.33 Å². The second-order valence-electron chi connectivity index (χ2n) is 4.29. The van der Waals surface area contributed by atoms with Crippen LogP contribution in [0.2, 0.25) is 0 Å². The number of sulfonamides is 1. The lowest BCUT2D eigenvalue weighted by Crippen LogP contribution is -2.24. The van der Waals surface area contributed by atoms with E-state index in [1.807, 2.05) is 30.3 Å². The first-order valence-electron chi connectivity index (χ1n) is 6.19. The van der Waals surface area contributed by atoms with Crippen LogP contribution in [0.15, 0.2) is 47.5 Å². The standard InChI is InChI=1S/C14H15BrN2O3S/c1-20-14-13(7-12(8-15)9-16-14)21(18,19)17-10-11-5-3-2-4-6-11/h2-7,9,17H,8,10H2,1H3. The summed E-state index contributed by atoms with van der Waals surface area (Å²) in [6.07, 6.45) is 1.57. The molecule has 5 nitrogen and oxygen atoms in total. The molecule has 0 atom stereocenters. The van der Waals surface area contributed by atoms with Gasteiger partial charge in [-0.05, 0) is 17.2 Å². The zero-order valence-electron chi connectivity index (χ0n) is 11.4. The van der Waals surface area contributed by atoms with Crippen molar-refractivity contribution in [2.75, 3.05) is 7.11 Å². The van der Waals surface area contributed by atoms with Crippen molar-refractivity contribution in [3.63, 3.8) is 0 Å². The van der Waals surface area contributed by atoms with Gasteiger partial charge in [-0.25, -0.2) is 18.1 Å². The number of rotatable bonds is 6.